The van der Waals surface area contributed by atoms with E-state index in [0.29, 0.717) is 13.2 Å². The maximum absolute atomic E-state index is 11.7. The molecule has 0 aliphatic rings. The highest BCUT2D eigenvalue weighted by Gasteiger charge is 2.19. The van der Waals surface area contributed by atoms with Crippen molar-refractivity contribution >= 4 is 22.4 Å². The third kappa shape index (κ3) is 3.52. The Kier molecular flexibility index (Phi) is 5.17. The lowest BCUT2D eigenvalue weighted by molar-refractivity contribution is -0.144. The lowest BCUT2D eigenvalue weighted by Gasteiger charge is -2.27. The molecule has 4 nitrogen and oxygen atoms in total. The fourth-order valence-electron chi connectivity index (χ4n) is 2.44. The first-order valence-corrected chi connectivity index (χ1v) is 7.32. The Morgan fingerprint density at radius 1 is 1.19 bits per heavy atom. The van der Waals surface area contributed by atoms with Crippen LogP contribution in [0.15, 0.2) is 42.5 Å². The predicted octanol–water partition coefficient (Wildman–Crippen LogP) is 2.56. The molecule has 0 saturated carbocycles. The zero-order valence-corrected chi connectivity index (χ0v) is 12.6. The molecule has 0 radical (unpaired) electrons. The Morgan fingerprint density at radius 3 is 2.62 bits per heavy atom. The average molecular weight is 286 g/mol. The van der Waals surface area contributed by atoms with Crippen molar-refractivity contribution in [1.29, 1.82) is 0 Å². The summed E-state index contributed by atoms with van der Waals surface area (Å²) in [6, 6.07) is 13.7. The van der Waals surface area contributed by atoms with Crippen LogP contribution < -0.4 is 10.6 Å². The normalized spacial score (nSPS) is 12.1. The third-order valence-corrected chi connectivity index (χ3v) is 3.50. The molecule has 0 bridgehead atoms. The highest BCUT2D eigenvalue weighted by molar-refractivity contribution is 5.94. The second kappa shape index (κ2) is 7.09. The number of carbonyl (C=O) groups excluding carboxylic acids is 1. The van der Waals surface area contributed by atoms with E-state index in [9.17, 15) is 4.79 Å². The van der Waals surface area contributed by atoms with Crippen LogP contribution in [0.1, 0.15) is 13.8 Å². The number of rotatable bonds is 6. The van der Waals surface area contributed by atoms with Gasteiger partial charge in [-0.3, -0.25) is 4.79 Å². The number of esters is 1. The fourth-order valence-corrected chi connectivity index (χ4v) is 2.44. The van der Waals surface area contributed by atoms with Gasteiger partial charge in [-0.1, -0.05) is 36.4 Å². The number of likely N-dealkylation sites (N-methyl/N-ethyl adjacent to an activating group) is 1. The van der Waals surface area contributed by atoms with E-state index >= 15 is 0 Å². The molecule has 0 heterocycles. The van der Waals surface area contributed by atoms with Crippen molar-refractivity contribution < 1.29 is 9.53 Å². The highest BCUT2D eigenvalue weighted by atomic mass is 16.5. The van der Waals surface area contributed by atoms with Gasteiger partial charge < -0.3 is 15.4 Å². The summed E-state index contributed by atoms with van der Waals surface area (Å²) in [5, 5.41) is 2.34. The predicted molar refractivity (Wildman–Crippen MR) is 86.4 cm³/mol. The molecular formula is C17H22N2O2. The summed E-state index contributed by atoms with van der Waals surface area (Å²) in [6.07, 6.45) is 0. The van der Waals surface area contributed by atoms with Gasteiger partial charge in [0.2, 0.25) is 0 Å². The molecule has 112 valence electrons. The number of nitrogens with two attached hydrogens (primary N) is 1. The molecule has 1 atom stereocenters. The minimum Gasteiger partial charge on any atom is -0.465 e. The molecule has 2 N–H and O–H groups in total. The topological polar surface area (TPSA) is 55.6 Å². The van der Waals surface area contributed by atoms with Crippen LogP contribution in [-0.4, -0.2) is 31.7 Å². The van der Waals surface area contributed by atoms with Crippen molar-refractivity contribution in [2.45, 2.75) is 19.9 Å². The van der Waals surface area contributed by atoms with Crippen molar-refractivity contribution in [3.05, 3.63) is 42.5 Å². The SMILES string of the molecule is CCOC(=O)C(N)CN(CC)c1cccc2ccccc12. The number of nitrogens with zero attached hydrogens (tertiary/aromatic N) is 1. The second-order valence-corrected chi connectivity index (χ2v) is 4.90. The zero-order valence-electron chi connectivity index (χ0n) is 12.6. The molecule has 0 spiro atoms. The van der Waals surface area contributed by atoms with E-state index in [-0.39, 0.29) is 5.97 Å². The average Bonchev–Trinajstić information content (AvgIpc) is 2.52. The quantitative estimate of drug-likeness (QED) is 0.829. The Morgan fingerprint density at radius 2 is 1.90 bits per heavy atom. The van der Waals surface area contributed by atoms with Gasteiger partial charge in [0.25, 0.3) is 0 Å². The Hall–Kier alpha value is -2.07. The van der Waals surface area contributed by atoms with Crippen molar-refractivity contribution in [2.75, 3.05) is 24.6 Å². The summed E-state index contributed by atoms with van der Waals surface area (Å²) in [6.45, 7) is 5.42. The molecule has 0 amide bonds. The van der Waals surface area contributed by atoms with E-state index in [0.717, 1.165) is 17.6 Å². The largest absolute Gasteiger partial charge is 0.465 e. The molecule has 0 aliphatic carbocycles. The first-order valence-electron chi connectivity index (χ1n) is 7.32. The van der Waals surface area contributed by atoms with Crippen LogP contribution in [0.4, 0.5) is 5.69 Å². The lowest BCUT2D eigenvalue weighted by Crippen LogP contribution is -2.43. The van der Waals surface area contributed by atoms with Gasteiger partial charge >= 0.3 is 5.97 Å². The van der Waals surface area contributed by atoms with Gasteiger partial charge in [0.1, 0.15) is 6.04 Å². The van der Waals surface area contributed by atoms with E-state index in [2.05, 4.69) is 36.1 Å². The van der Waals surface area contributed by atoms with E-state index in [1.54, 1.807) is 6.92 Å². The molecule has 0 fully saturated rings. The van der Waals surface area contributed by atoms with Gasteiger partial charge in [-0.15, -0.1) is 0 Å². The summed E-state index contributed by atoms with van der Waals surface area (Å²) < 4.78 is 4.98. The number of carbonyl (C=O) groups is 1. The number of hydrogen-bond acceptors (Lipinski definition) is 4. The van der Waals surface area contributed by atoms with Crippen molar-refractivity contribution in [3.63, 3.8) is 0 Å². The molecule has 2 rings (SSSR count). The lowest BCUT2D eigenvalue weighted by atomic mass is 10.1. The molecule has 0 aliphatic heterocycles. The van der Waals surface area contributed by atoms with Crippen molar-refractivity contribution in [1.82, 2.24) is 0 Å². The maximum atomic E-state index is 11.7. The molecule has 2 aromatic carbocycles. The molecule has 2 aromatic rings. The summed E-state index contributed by atoms with van der Waals surface area (Å²) in [7, 11) is 0. The molecule has 0 aromatic heterocycles. The summed E-state index contributed by atoms with van der Waals surface area (Å²) in [5.74, 6) is -0.351. The molecule has 4 heteroatoms. The van der Waals surface area contributed by atoms with Gasteiger partial charge in [0, 0.05) is 24.2 Å². The van der Waals surface area contributed by atoms with Gasteiger partial charge in [-0.2, -0.15) is 0 Å². The van der Waals surface area contributed by atoms with Gasteiger partial charge in [-0.05, 0) is 25.3 Å². The smallest absolute Gasteiger partial charge is 0.324 e. The molecule has 0 saturated heterocycles. The second-order valence-electron chi connectivity index (χ2n) is 4.90. The van der Waals surface area contributed by atoms with Gasteiger partial charge in [0.05, 0.1) is 6.61 Å². The molecule has 21 heavy (non-hydrogen) atoms. The zero-order chi connectivity index (χ0) is 15.2. The van der Waals surface area contributed by atoms with Crippen molar-refractivity contribution in [3.8, 4) is 0 Å². The Labute approximate surface area is 125 Å². The van der Waals surface area contributed by atoms with Crippen LogP contribution in [0.2, 0.25) is 0 Å². The van der Waals surface area contributed by atoms with E-state index < -0.39 is 6.04 Å². The highest BCUT2D eigenvalue weighted by Crippen LogP contribution is 2.26. The van der Waals surface area contributed by atoms with E-state index in [4.69, 9.17) is 10.5 Å². The monoisotopic (exact) mass is 286 g/mol. The summed E-state index contributed by atoms with van der Waals surface area (Å²) >= 11 is 0. The maximum Gasteiger partial charge on any atom is 0.324 e. The Balaban J connectivity index is 2.25. The summed E-state index contributed by atoms with van der Waals surface area (Å²) in [5.41, 5.74) is 7.04. The summed E-state index contributed by atoms with van der Waals surface area (Å²) in [4.78, 5) is 13.8. The van der Waals surface area contributed by atoms with Crippen LogP contribution in [0.25, 0.3) is 10.8 Å². The standard InChI is InChI=1S/C17H22N2O2/c1-3-19(12-15(18)17(20)21-4-2)16-11-7-9-13-8-5-6-10-14(13)16/h5-11,15H,3-4,12,18H2,1-2H3. The first-order chi connectivity index (χ1) is 10.2. The number of anilines is 1. The van der Waals surface area contributed by atoms with Crippen molar-refractivity contribution in [2.24, 2.45) is 5.73 Å². The number of hydrogen-bond donors (Lipinski definition) is 1. The van der Waals surface area contributed by atoms with Crippen LogP contribution >= 0.6 is 0 Å². The van der Waals surface area contributed by atoms with Gasteiger partial charge in [-0.25, -0.2) is 0 Å². The third-order valence-electron chi connectivity index (χ3n) is 3.50. The van der Waals surface area contributed by atoms with Gasteiger partial charge in [0.15, 0.2) is 0 Å². The minimum absolute atomic E-state index is 0.351. The molecule has 1 unspecified atom stereocenters. The van der Waals surface area contributed by atoms with Crippen LogP contribution in [0.5, 0.6) is 0 Å². The fraction of sp³-hybridized carbons (Fsp3) is 0.353. The van der Waals surface area contributed by atoms with E-state index in [1.807, 2.05) is 18.2 Å². The number of fused-ring (bicyclic) bond motifs is 1. The first kappa shape index (κ1) is 15.3. The van der Waals surface area contributed by atoms with Crippen LogP contribution in [-0.2, 0) is 9.53 Å². The molecular weight excluding hydrogens is 264 g/mol. The van der Waals surface area contributed by atoms with E-state index in [1.165, 1.54) is 5.39 Å². The van der Waals surface area contributed by atoms with Crippen LogP contribution in [0, 0.1) is 0 Å². The number of benzene rings is 2. The Bertz CT molecular complexity index is 607. The number of ether oxygens (including phenoxy) is 1. The minimum atomic E-state index is -0.635. The van der Waals surface area contributed by atoms with Crippen LogP contribution in [0.3, 0.4) is 0 Å².